The monoisotopic (exact) mass is 507 g/mol. The summed E-state index contributed by atoms with van der Waals surface area (Å²) in [7, 11) is 0. The van der Waals surface area contributed by atoms with Crippen LogP contribution in [0.4, 0.5) is 18.9 Å². The van der Waals surface area contributed by atoms with E-state index >= 15 is 0 Å². The van der Waals surface area contributed by atoms with Crippen LogP contribution in [0.15, 0.2) is 63.3 Å². The molecule has 0 saturated carbocycles. The molecule has 2 aromatic carbocycles. The van der Waals surface area contributed by atoms with Gasteiger partial charge in [-0.3, -0.25) is 0 Å². The number of aromatic nitrogens is 1. The number of fused-ring (bicyclic) bond motifs is 1. The van der Waals surface area contributed by atoms with Crippen LogP contribution in [0.1, 0.15) is 10.6 Å². The van der Waals surface area contributed by atoms with Crippen molar-refractivity contribution in [3.8, 4) is 17.3 Å². The van der Waals surface area contributed by atoms with E-state index in [1.165, 1.54) is 35.7 Å². The molecule has 1 N–H and O–H groups in total. The molecule has 2 heterocycles. The van der Waals surface area contributed by atoms with Crippen molar-refractivity contribution in [2.45, 2.75) is 6.18 Å². The molecule has 0 aliphatic carbocycles. The molecule has 0 fully saturated rings. The van der Waals surface area contributed by atoms with Crippen LogP contribution < -0.4 is 10.9 Å². The molecule has 4 rings (SSSR count). The predicted octanol–water partition coefficient (Wildman–Crippen LogP) is 7.22. The van der Waals surface area contributed by atoms with Gasteiger partial charge in [0.1, 0.15) is 22.2 Å². The fourth-order valence-electron chi connectivity index (χ4n) is 2.97. The molecule has 0 atom stereocenters. The summed E-state index contributed by atoms with van der Waals surface area (Å²) in [4.78, 5) is 16.0. The average Bonchev–Trinajstić information content (AvgIpc) is 3.24. The molecule has 0 bridgehead atoms. The van der Waals surface area contributed by atoms with Crippen LogP contribution in [0.3, 0.4) is 0 Å². The van der Waals surface area contributed by atoms with Crippen LogP contribution in [-0.2, 0) is 6.18 Å². The zero-order chi connectivity index (χ0) is 23.8. The van der Waals surface area contributed by atoms with Crippen molar-refractivity contribution in [2.24, 2.45) is 0 Å². The summed E-state index contributed by atoms with van der Waals surface area (Å²) < 4.78 is 44.5. The number of hydrogen-bond acceptors (Lipinski definition) is 6. The predicted molar refractivity (Wildman–Crippen MR) is 122 cm³/mol. The minimum absolute atomic E-state index is 0.192. The van der Waals surface area contributed by atoms with E-state index in [0.29, 0.717) is 32.5 Å². The lowest BCUT2D eigenvalue weighted by Gasteiger charge is -2.10. The first-order valence-electron chi connectivity index (χ1n) is 9.09. The number of nitriles is 1. The van der Waals surface area contributed by atoms with E-state index < -0.39 is 17.4 Å². The van der Waals surface area contributed by atoms with E-state index in [2.05, 4.69) is 10.3 Å². The lowest BCUT2D eigenvalue weighted by atomic mass is 10.1. The Hall–Kier alpha value is -3.32. The Bertz CT molecular complexity index is 1500. The fourth-order valence-corrected chi connectivity index (χ4v) is 4.06. The quantitative estimate of drug-likeness (QED) is 0.233. The topological polar surface area (TPSA) is 78.9 Å². The summed E-state index contributed by atoms with van der Waals surface area (Å²) in [5.74, 6) is 0. The average molecular weight is 508 g/mol. The van der Waals surface area contributed by atoms with Crippen LogP contribution in [0.25, 0.3) is 27.8 Å². The minimum Gasteiger partial charge on any atom is -0.423 e. The molecule has 0 aliphatic rings. The van der Waals surface area contributed by atoms with E-state index in [-0.39, 0.29) is 16.5 Å². The highest BCUT2D eigenvalue weighted by atomic mass is 35.5. The highest BCUT2D eigenvalue weighted by Crippen LogP contribution is 2.35. The Morgan fingerprint density at radius 2 is 1.94 bits per heavy atom. The van der Waals surface area contributed by atoms with Gasteiger partial charge in [-0.05, 0) is 24.3 Å². The number of anilines is 1. The number of rotatable bonds is 4. The van der Waals surface area contributed by atoms with Crippen molar-refractivity contribution in [3.05, 3.63) is 85.1 Å². The van der Waals surface area contributed by atoms with E-state index in [1.807, 2.05) is 6.07 Å². The lowest BCUT2D eigenvalue weighted by molar-refractivity contribution is -0.136. The summed E-state index contributed by atoms with van der Waals surface area (Å²) >= 11 is 13.2. The molecule has 0 unspecified atom stereocenters. The number of allylic oxidation sites excluding steroid dienone is 1. The molecule has 0 amide bonds. The molecule has 0 spiro atoms. The van der Waals surface area contributed by atoms with Gasteiger partial charge in [-0.2, -0.15) is 18.4 Å². The van der Waals surface area contributed by atoms with Crippen LogP contribution in [-0.4, -0.2) is 4.98 Å². The van der Waals surface area contributed by atoms with Crippen LogP contribution in [0, 0.1) is 11.3 Å². The van der Waals surface area contributed by atoms with Crippen molar-refractivity contribution in [1.82, 2.24) is 4.98 Å². The molecule has 2 aromatic heterocycles. The van der Waals surface area contributed by atoms with E-state index in [4.69, 9.17) is 27.6 Å². The largest absolute Gasteiger partial charge is 0.423 e. The van der Waals surface area contributed by atoms with Crippen molar-refractivity contribution in [1.29, 1.82) is 5.26 Å². The van der Waals surface area contributed by atoms with E-state index in [0.717, 1.165) is 5.56 Å². The van der Waals surface area contributed by atoms with E-state index in [9.17, 15) is 23.2 Å². The fraction of sp³-hybridized carbons (Fsp3) is 0.0455. The second-order valence-corrected chi connectivity index (χ2v) is 8.34. The maximum Gasteiger partial charge on any atom is 0.417 e. The Morgan fingerprint density at radius 3 is 2.64 bits per heavy atom. The number of benzene rings is 2. The summed E-state index contributed by atoms with van der Waals surface area (Å²) in [6, 6.07) is 11.3. The van der Waals surface area contributed by atoms with Crippen LogP contribution >= 0.6 is 34.5 Å². The molecule has 166 valence electrons. The third-order valence-corrected chi connectivity index (χ3v) is 6.12. The Morgan fingerprint density at radius 1 is 1.15 bits per heavy atom. The van der Waals surface area contributed by atoms with Gasteiger partial charge in [-0.15, -0.1) is 11.3 Å². The second-order valence-electron chi connectivity index (χ2n) is 6.67. The minimum atomic E-state index is -4.70. The normalized spacial score (nSPS) is 12.1. The Labute approximate surface area is 198 Å². The molecule has 0 radical (unpaired) electrons. The van der Waals surface area contributed by atoms with Gasteiger partial charge in [0.05, 0.1) is 21.3 Å². The smallest absolute Gasteiger partial charge is 0.417 e. The summed E-state index contributed by atoms with van der Waals surface area (Å²) in [5.41, 5.74) is -0.591. The molecule has 0 aliphatic heterocycles. The van der Waals surface area contributed by atoms with Crippen LogP contribution in [0.2, 0.25) is 10.0 Å². The highest BCUT2D eigenvalue weighted by molar-refractivity contribution is 7.11. The maximum atomic E-state index is 13.2. The lowest BCUT2D eigenvalue weighted by Crippen LogP contribution is -2.11. The molecule has 4 aromatic rings. The van der Waals surface area contributed by atoms with E-state index in [1.54, 1.807) is 23.6 Å². The third kappa shape index (κ3) is 4.88. The van der Waals surface area contributed by atoms with Gasteiger partial charge in [0.15, 0.2) is 0 Å². The van der Waals surface area contributed by atoms with Gasteiger partial charge < -0.3 is 9.73 Å². The van der Waals surface area contributed by atoms with Crippen molar-refractivity contribution in [2.75, 3.05) is 5.32 Å². The van der Waals surface area contributed by atoms with Crippen molar-refractivity contribution in [3.63, 3.8) is 0 Å². The molecule has 0 saturated heterocycles. The first kappa shape index (κ1) is 22.9. The highest BCUT2D eigenvalue weighted by Gasteiger charge is 2.33. The van der Waals surface area contributed by atoms with Crippen molar-refractivity contribution < 1.29 is 17.6 Å². The molecule has 5 nitrogen and oxygen atoms in total. The number of nitrogens with one attached hydrogen (secondary N) is 1. The summed E-state index contributed by atoms with van der Waals surface area (Å²) in [6.07, 6.45) is -3.34. The summed E-state index contributed by atoms with van der Waals surface area (Å²) in [5, 5.41) is 15.1. The number of alkyl halides is 3. The molecule has 11 heteroatoms. The molecular formula is C22H10Cl2F3N3O2S. The van der Waals surface area contributed by atoms with Crippen LogP contribution in [0.5, 0.6) is 0 Å². The first-order valence-corrected chi connectivity index (χ1v) is 10.7. The van der Waals surface area contributed by atoms with Gasteiger partial charge >= 0.3 is 11.8 Å². The van der Waals surface area contributed by atoms with Gasteiger partial charge in [0, 0.05) is 40.3 Å². The maximum absolute atomic E-state index is 13.2. The van der Waals surface area contributed by atoms with Gasteiger partial charge in [0.2, 0.25) is 0 Å². The zero-order valence-electron chi connectivity index (χ0n) is 16.2. The third-order valence-electron chi connectivity index (χ3n) is 4.50. The number of nitrogens with zero attached hydrogens (tertiary/aromatic N) is 2. The van der Waals surface area contributed by atoms with Gasteiger partial charge in [-0.1, -0.05) is 29.3 Å². The molecular weight excluding hydrogens is 498 g/mol. The first-order chi connectivity index (χ1) is 15.7. The zero-order valence-corrected chi connectivity index (χ0v) is 18.5. The van der Waals surface area contributed by atoms with Gasteiger partial charge in [-0.25, -0.2) is 9.78 Å². The van der Waals surface area contributed by atoms with Crippen molar-refractivity contribution >= 4 is 56.8 Å². The number of thiazole rings is 1. The molecule has 33 heavy (non-hydrogen) atoms. The second kappa shape index (κ2) is 8.90. The SMILES string of the molecule is N#C/C(=C\Nc1ccc2c(C(F)(F)F)cc(=O)oc2c1)c1nc(-c2ccc(Cl)c(Cl)c2)cs1. The van der Waals surface area contributed by atoms with Gasteiger partial charge in [0.25, 0.3) is 0 Å². The number of hydrogen-bond donors (Lipinski definition) is 1. The Kier molecular flexibility index (Phi) is 6.17. The summed E-state index contributed by atoms with van der Waals surface area (Å²) in [6.45, 7) is 0. The number of halogens is 5. The standard InChI is InChI=1S/C22H10Cl2F3N3O2S/c23-16-4-1-11(5-17(16)24)18-10-33-21(30-18)12(8-28)9-29-13-2-3-14-15(22(25,26)27)7-20(31)32-19(14)6-13/h1-7,9-10,29H/b12-9+. The Balaban J connectivity index is 1.63.